The van der Waals surface area contributed by atoms with Gasteiger partial charge in [0.2, 0.25) is 5.89 Å². The second-order valence-corrected chi connectivity index (χ2v) is 6.20. The van der Waals surface area contributed by atoms with Gasteiger partial charge in [-0.15, -0.1) is 0 Å². The van der Waals surface area contributed by atoms with Crippen molar-refractivity contribution in [3.63, 3.8) is 0 Å². The number of fused-ring (bicyclic) bond motifs is 1. The number of nitrogens with one attached hydrogen (secondary N) is 1. The smallest absolute Gasteiger partial charge is 0.245 e. The summed E-state index contributed by atoms with van der Waals surface area (Å²) in [5.74, 6) is 1.40. The summed E-state index contributed by atoms with van der Waals surface area (Å²) in [5, 5.41) is 12.2. The van der Waals surface area contributed by atoms with Gasteiger partial charge in [-0.3, -0.25) is 14.9 Å². The number of rotatable bonds is 3. The summed E-state index contributed by atoms with van der Waals surface area (Å²) in [6.45, 7) is 5.66. The molecule has 0 bridgehead atoms. The normalized spacial score (nSPS) is 20.3. The number of nitrogens with zero attached hydrogens (tertiary/aromatic N) is 5. The lowest BCUT2D eigenvalue weighted by atomic mass is 10.1. The minimum absolute atomic E-state index is 0.154. The van der Waals surface area contributed by atoms with Crippen LogP contribution in [-0.2, 0) is 6.54 Å². The van der Waals surface area contributed by atoms with E-state index in [9.17, 15) is 0 Å². The van der Waals surface area contributed by atoms with Crippen LogP contribution in [0.1, 0.15) is 23.3 Å². The Morgan fingerprint density at radius 1 is 1.35 bits per heavy atom. The maximum atomic E-state index is 5.38. The third-order valence-corrected chi connectivity index (χ3v) is 4.47. The average Bonchev–Trinajstić information content (AvgIpc) is 3.17. The van der Waals surface area contributed by atoms with Crippen molar-refractivity contribution in [3.05, 3.63) is 41.7 Å². The summed E-state index contributed by atoms with van der Waals surface area (Å²) in [6, 6.07) is 6.61. The summed E-state index contributed by atoms with van der Waals surface area (Å²) in [7, 11) is 2.11. The van der Waals surface area contributed by atoms with Gasteiger partial charge >= 0.3 is 0 Å². The number of aryl methyl sites for hydroxylation is 1. The molecule has 1 saturated heterocycles. The molecule has 1 atom stereocenters. The maximum absolute atomic E-state index is 5.38. The molecular formula is C16H20N6O. The highest BCUT2D eigenvalue weighted by Crippen LogP contribution is 2.24. The first kappa shape index (κ1) is 14.3. The summed E-state index contributed by atoms with van der Waals surface area (Å²) in [5.41, 5.74) is 2.37. The Labute approximate surface area is 134 Å². The van der Waals surface area contributed by atoms with Crippen LogP contribution in [0, 0.1) is 6.92 Å². The Balaban J connectivity index is 1.50. The van der Waals surface area contributed by atoms with E-state index < -0.39 is 0 Å². The van der Waals surface area contributed by atoms with Gasteiger partial charge in [0.1, 0.15) is 6.04 Å². The van der Waals surface area contributed by atoms with Crippen LogP contribution < -0.4 is 0 Å². The molecule has 3 heterocycles. The largest absolute Gasteiger partial charge is 0.338 e. The van der Waals surface area contributed by atoms with E-state index in [4.69, 9.17) is 4.52 Å². The van der Waals surface area contributed by atoms with E-state index in [1.54, 1.807) is 0 Å². The van der Waals surface area contributed by atoms with Crippen LogP contribution in [-0.4, -0.2) is 56.8 Å². The number of hydrogen-bond donors (Lipinski definition) is 1. The number of piperazine rings is 1. The highest BCUT2D eigenvalue weighted by Gasteiger charge is 2.29. The molecule has 23 heavy (non-hydrogen) atoms. The molecule has 0 spiro atoms. The molecule has 7 heteroatoms. The van der Waals surface area contributed by atoms with Gasteiger partial charge in [0.05, 0.1) is 11.7 Å². The minimum atomic E-state index is 0.154. The molecule has 0 saturated carbocycles. The molecule has 1 aromatic carbocycles. The number of likely N-dealkylation sites (N-methyl/N-ethyl adjacent to an activating group) is 1. The number of benzene rings is 1. The molecular weight excluding hydrogens is 292 g/mol. The average molecular weight is 312 g/mol. The van der Waals surface area contributed by atoms with Crippen molar-refractivity contribution < 1.29 is 4.52 Å². The molecule has 1 aliphatic rings. The lowest BCUT2D eigenvalue weighted by molar-refractivity contribution is 0.0715. The Morgan fingerprint density at radius 2 is 2.26 bits per heavy atom. The van der Waals surface area contributed by atoms with Crippen LogP contribution in [0.2, 0.25) is 0 Å². The minimum Gasteiger partial charge on any atom is -0.338 e. The van der Waals surface area contributed by atoms with Crippen LogP contribution in [0.4, 0.5) is 0 Å². The number of aromatic amines is 1. The van der Waals surface area contributed by atoms with Crippen molar-refractivity contribution in [3.8, 4) is 0 Å². The Hall–Kier alpha value is -2.25. The van der Waals surface area contributed by atoms with Gasteiger partial charge in [0, 0.05) is 31.6 Å². The second kappa shape index (κ2) is 5.75. The summed E-state index contributed by atoms with van der Waals surface area (Å²) in [6.07, 6.45) is 1.85. The first-order valence-corrected chi connectivity index (χ1v) is 7.84. The predicted octanol–water partition coefficient (Wildman–Crippen LogP) is 1.74. The summed E-state index contributed by atoms with van der Waals surface area (Å²) in [4.78, 5) is 9.11. The molecule has 1 fully saturated rings. The monoisotopic (exact) mass is 312 g/mol. The summed E-state index contributed by atoms with van der Waals surface area (Å²) >= 11 is 0. The molecule has 1 aliphatic heterocycles. The number of aromatic nitrogens is 4. The lowest BCUT2D eigenvalue weighted by Gasteiger charge is -2.37. The van der Waals surface area contributed by atoms with Gasteiger partial charge in [-0.25, -0.2) is 0 Å². The summed E-state index contributed by atoms with van der Waals surface area (Å²) < 4.78 is 5.38. The highest BCUT2D eigenvalue weighted by atomic mass is 16.5. The van der Waals surface area contributed by atoms with Crippen molar-refractivity contribution in [2.45, 2.75) is 19.5 Å². The van der Waals surface area contributed by atoms with Crippen molar-refractivity contribution in [2.24, 2.45) is 0 Å². The predicted molar refractivity (Wildman–Crippen MR) is 85.8 cm³/mol. The molecule has 120 valence electrons. The van der Waals surface area contributed by atoms with Crippen molar-refractivity contribution in [2.75, 3.05) is 26.7 Å². The Kier molecular flexibility index (Phi) is 3.59. The van der Waals surface area contributed by atoms with E-state index in [2.05, 4.69) is 55.4 Å². The van der Waals surface area contributed by atoms with Gasteiger partial charge < -0.3 is 4.52 Å². The zero-order chi connectivity index (χ0) is 15.8. The molecule has 4 rings (SSSR count). The van der Waals surface area contributed by atoms with Gasteiger partial charge in [0.15, 0.2) is 5.82 Å². The van der Waals surface area contributed by atoms with E-state index in [0.29, 0.717) is 11.7 Å². The van der Waals surface area contributed by atoms with Gasteiger partial charge in [-0.1, -0.05) is 17.3 Å². The highest BCUT2D eigenvalue weighted by molar-refractivity contribution is 5.78. The number of H-pyrrole nitrogens is 1. The maximum Gasteiger partial charge on any atom is 0.245 e. The zero-order valence-electron chi connectivity index (χ0n) is 13.4. The molecule has 7 nitrogen and oxygen atoms in total. The van der Waals surface area contributed by atoms with Crippen molar-refractivity contribution >= 4 is 10.9 Å². The van der Waals surface area contributed by atoms with E-state index in [1.807, 2.05) is 13.1 Å². The molecule has 1 N–H and O–H groups in total. The standard InChI is InChI=1S/C16H20N6O/c1-11-18-16(23-20-11)15-10-22(6-5-21(15)2)9-12-3-4-13-8-17-19-14(13)7-12/h3-4,7-8,15H,5-6,9-10H2,1-2H3,(H,17,19)/t15-/m0/s1. The van der Waals surface area contributed by atoms with E-state index in [0.717, 1.165) is 37.1 Å². The SMILES string of the molecule is Cc1noc([C@@H]2CN(Cc3ccc4cn[nH]c4c3)CCN2C)n1. The number of hydrogen-bond acceptors (Lipinski definition) is 6. The van der Waals surface area contributed by atoms with E-state index in [-0.39, 0.29) is 6.04 Å². The van der Waals surface area contributed by atoms with Crippen LogP contribution in [0.5, 0.6) is 0 Å². The first-order valence-electron chi connectivity index (χ1n) is 7.84. The fourth-order valence-electron chi connectivity index (χ4n) is 3.13. The topological polar surface area (TPSA) is 74.1 Å². The second-order valence-electron chi connectivity index (χ2n) is 6.20. The Morgan fingerprint density at radius 3 is 3.09 bits per heavy atom. The molecule has 0 amide bonds. The van der Waals surface area contributed by atoms with E-state index in [1.165, 1.54) is 5.56 Å². The van der Waals surface area contributed by atoms with E-state index >= 15 is 0 Å². The lowest BCUT2D eigenvalue weighted by Crippen LogP contribution is -2.46. The first-order chi connectivity index (χ1) is 11.2. The van der Waals surface area contributed by atoms with Crippen LogP contribution >= 0.6 is 0 Å². The van der Waals surface area contributed by atoms with Gasteiger partial charge in [0.25, 0.3) is 0 Å². The third kappa shape index (κ3) is 2.85. The van der Waals surface area contributed by atoms with Crippen LogP contribution in [0.3, 0.4) is 0 Å². The van der Waals surface area contributed by atoms with Crippen LogP contribution in [0.25, 0.3) is 10.9 Å². The molecule has 0 unspecified atom stereocenters. The van der Waals surface area contributed by atoms with Crippen molar-refractivity contribution in [1.82, 2.24) is 30.1 Å². The molecule has 3 aromatic rings. The van der Waals surface area contributed by atoms with Gasteiger partial charge in [-0.05, 0) is 25.6 Å². The fraction of sp³-hybridized carbons (Fsp3) is 0.438. The molecule has 0 radical (unpaired) electrons. The Bertz CT molecular complexity index is 810. The van der Waals surface area contributed by atoms with Crippen LogP contribution in [0.15, 0.2) is 28.9 Å². The fourth-order valence-corrected chi connectivity index (χ4v) is 3.13. The quantitative estimate of drug-likeness (QED) is 0.794. The molecule has 0 aliphatic carbocycles. The van der Waals surface area contributed by atoms with Gasteiger partial charge in [-0.2, -0.15) is 10.1 Å². The zero-order valence-corrected chi connectivity index (χ0v) is 13.4. The molecule has 2 aromatic heterocycles. The van der Waals surface area contributed by atoms with Crippen molar-refractivity contribution in [1.29, 1.82) is 0 Å². The third-order valence-electron chi connectivity index (χ3n) is 4.47.